The number of nitrogens with zero attached hydrogens (tertiary/aromatic N) is 4. The molecule has 20 heavy (non-hydrogen) atoms. The van der Waals surface area contributed by atoms with Crippen LogP contribution in [0, 0.1) is 0 Å². The van der Waals surface area contributed by atoms with E-state index in [1.807, 2.05) is 11.5 Å². The normalized spacial score (nSPS) is 20.1. The fourth-order valence-corrected chi connectivity index (χ4v) is 2.81. The number of rotatable bonds is 6. The van der Waals surface area contributed by atoms with E-state index in [1.54, 1.807) is 13.3 Å². The summed E-state index contributed by atoms with van der Waals surface area (Å²) in [7, 11) is 0. The van der Waals surface area contributed by atoms with Gasteiger partial charge in [0.15, 0.2) is 0 Å². The van der Waals surface area contributed by atoms with Gasteiger partial charge in [0.25, 0.3) is 0 Å². The molecule has 112 valence electrons. The molecule has 0 bridgehead atoms. The van der Waals surface area contributed by atoms with Crippen molar-refractivity contribution in [2.75, 3.05) is 13.1 Å². The highest BCUT2D eigenvalue weighted by molar-refractivity contribution is 5.78. The molecule has 1 aliphatic rings. The molecule has 0 spiro atoms. The van der Waals surface area contributed by atoms with Crippen molar-refractivity contribution in [3.63, 3.8) is 0 Å². The fourth-order valence-electron chi connectivity index (χ4n) is 2.81. The molecule has 0 saturated carbocycles. The Morgan fingerprint density at radius 2 is 2.35 bits per heavy atom. The second-order valence-electron chi connectivity index (χ2n) is 5.63. The molecular formula is C13H23N5O2. The van der Waals surface area contributed by atoms with Gasteiger partial charge in [0.05, 0.1) is 6.54 Å². The first-order valence-electron chi connectivity index (χ1n) is 7.05. The third-order valence-corrected chi connectivity index (χ3v) is 4.03. The zero-order valence-corrected chi connectivity index (χ0v) is 12.3. The maximum absolute atomic E-state index is 11.5. The summed E-state index contributed by atoms with van der Waals surface area (Å²) < 4.78 is 2.05. The Kier molecular flexibility index (Phi) is 4.39. The van der Waals surface area contributed by atoms with E-state index in [2.05, 4.69) is 27.3 Å². The van der Waals surface area contributed by atoms with Gasteiger partial charge in [-0.05, 0) is 26.8 Å². The van der Waals surface area contributed by atoms with Crippen LogP contribution < -0.4 is 5.32 Å². The van der Waals surface area contributed by atoms with Crippen molar-refractivity contribution in [2.24, 2.45) is 0 Å². The molecular weight excluding hydrogens is 258 g/mol. The van der Waals surface area contributed by atoms with Crippen molar-refractivity contribution in [1.29, 1.82) is 0 Å². The summed E-state index contributed by atoms with van der Waals surface area (Å²) in [6.07, 6.45) is 2.31. The van der Waals surface area contributed by atoms with E-state index in [0.717, 1.165) is 25.5 Å². The Bertz CT molecular complexity index is 475. The molecule has 7 heteroatoms. The topological polar surface area (TPSA) is 83.3 Å². The van der Waals surface area contributed by atoms with E-state index >= 15 is 0 Å². The average Bonchev–Trinajstić information content (AvgIpc) is 2.85. The highest BCUT2D eigenvalue weighted by atomic mass is 16.4. The van der Waals surface area contributed by atoms with Gasteiger partial charge in [-0.15, -0.1) is 10.2 Å². The average molecular weight is 281 g/mol. The van der Waals surface area contributed by atoms with Crippen molar-refractivity contribution < 1.29 is 9.90 Å². The first kappa shape index (κ1) is 14.9. The van der Waals surface area contributed by atoms with Crippen molar-refractivity contribution in [3.05, 3.63) is 12.2 Å². The lowest BCUT2D eigenvalue weighted by Crippen LogP contribution is -2.54. The van der Waals surface area contributed by atoms with Crippen LogP contribution in [-0.2, 0) is 17.9 Å². The SMILES string of the molecule is CCNC(C)(CC(C)N1CCn2cnnc2C1)C(=O)O. The van der Waals surface area contributed by atoms with Crippen LogP contribution in [0.2, 0.25) is 0 Å². The van der Waals surface area contributed by atoms with Gasteiger partial charge in [0.1, 0.15) is 17.7 Å². The van der Waals surface area contributed by atoms with E-state index in [4.69, 9.17) is 0 Å². The van der Waals surface area contributed by atoms with E-state index < -0.39 is 11.5 Å². The van der Waals surface area contributed by atoms with Crippen molar-refractivity contribution in [2.45, 2.75) is 51.9 Å². The third-order valence-electron chi connectivity index (χ3n) is 4.03. The molecule has 2 heterocycles. The summed E-state index contributed by atoms with van der Waals surface area (Å²) in [4.78, 5) is 13.7. The molecule has 0 saturated heterocycles. The van der Waals surface area contributed by atoms with Crippen LogP contribution in [0.4, 0.5) is 0 Å². The Balaban J connectivity index is 2.01. The van der Waals surface area contributed by atoms with Crippen molar-refractivity contribution in [3.8, 4) is 0 Å². The summed E-state index contributed by atoms with van der Waals surface area (Å²) in [6.45, 7) is 8.88. The lowest BCUT2D eigenvalue weighted by molar-refractivity contribution is -0.145. The zero-order chi connectivity index (χ0) is 14.8. The number of carbonyl (C=O) groups is 1. The number of carboxylic acid groups (broad SMARTS) is 1. The van der Waals surface area contributed by atoms with Crippen LogP contribution >= 0.6 is 0 Å². The molecule has 1 aliphatic heterocycles. The molecule has 2 unspecified atom stereocenters. The van der Waals surface area contributed by atoms with Crippen LogP contribution in [0.25, 0.3) is 0 Å². The summed E-state index contributed by atoms with van der Waals surface area (Å²) in [6, 6.07) is 0.167. The van der Waals surface area contributed by atoms with Crippen LogP contribution in [0.3, 0.4) is 0 Å². The quantitative estimate of drug-likeness (QED) is 0.781. The molecule has 0 aromatic carbocycles. The third kappa shape index (κ3) is 2.99. The van der Waals surface area contributed by atoms with E-state index in [0.29, 0.717) is 13.0 Å². The first-order valence-corrected chi connectivity index (χ1v) is 7.05. The number of hydrogen-bond donors (Lipinski definition) is 2. The lowest BCUT2D eigenvalue weighted by Gasteiger charge is -2.36. The second-order valence-corrected chi connectivity index (χ2v) is 5.63. The molecule has 1 aromatic heterocycles. The summed E-state index contributed by atoms with van der Waals surface area (Å²) in [5, 5.41) is 20.5. The number of hydrogen-bond acceptors (Lipinski definition) is 5. The minimum atomic E-state index is -0.890. The van der Waals surface area contributed by atoms with Gasteiger partial charge in [-0.25, -0.2) is 0 Å². The van der Waals surface area contributed by atoms with Crippen LogP contribution in [0.15, 0.2) is 6.33 Å². The Labute approximate surface area is 119 Å². The first-order chi connectivity index (χ1) is 9.46. The minimum absolute atomic E-state index is 0.167. The Morgan fingerprint density at radius 3 is 3.00 bits per heavy atom. The van der Waals surface area contributed by atoms with E-state index in [1.165, 1.54) is 0 Å². The lowest BCUT2D eigenvalue weighted by atomic mass is 9.92. The van der Waals surface area contributed by atoms with Crippen LogP contribution in [0.1, 0.15) is 33.0 Å². The van der Waals surface area contributed by atoms with Gasteiger partial charge < -0.3 is 15.0 Å². The largest absolute Gasteiger partial charge is 0.480 e. The molecule has 1 aromatic rings. The predicted molar refractivity (Wildman–Crippen MR) is 74.2 cm³/mol. The molecule has 2 N–H and O–H groups in total. The van der Waals surface area contributed by atoms with E-state index in [-0.39, 0.29) is 6.04 Å². The minimum Gasteiger partial charge on any atom is -0.480 e. The summed E-state index contributed by atoms with van der Waals surface area (Å²) in [5.74, 6) is 0.148. The van der Waals surface area contributed by atoms with Crippen molar-refractivity contribution in [1.82, 2.24) is 25.0 Å². The van der Waals surface area contributed by atoms with Crippen LogP contribution in [0.5, 0.6) is 0 Å². The molecule has 7 nitrogen and oxygen atoms in total. The highest BCUT2D eigenvalue weighted by Gasteiger charge is 2.36. The number of fused-ring (bicyclic) bond motifs is 1. The second kappa shape index (κ2) is 5.88. The molecule has 0 fully saturated rings. The summed E-state index contributed by atoms with van der Waals surface area (Å²) in [5.41, 5.74) is -0.890. The smallest absolute Gasteiger partial charge is 0.323 e. The highest BCUT2D eigenvalue weighted by Crippen LogP contribution is 2.20. The molecule has 0 radical (unpaired) electrons. The van der Waals surface area contributed by atoms with Gasteiger partial charge in [0, 0.05) is 19.1 Å². The standard InChI is InChI=1S/C13H23N5O2/c1-4-14-13(3,12(19)20)7-10(2)17-5-6-18-9-15-16-11(18)8-17/h9-10,14H,4-8H2,1-3H3,(H,19,20). The molecule has 0 amide bonds. The van der Waals surface area contributed by atoms with Gasteiger partial charge in [0.2, 0.25) is 0 Å². The number of likely N-dealkylation sites (N-methyl/N-ethyl adjacent to an activating group) is 1. The van der Waals surface area contributed by atoms with Gasteiger partial charge in [-0.1, -0.05) is 6.92 Å². The number of aliphatic carboxylic acids is 1. The molecule has 0 aliphatic carbocycles. The number of carboxylic acids is 1. The van der Waals surface area contributed by atoms with Crippen LogP contribution in [-0.4, -0.2) is 55.4 Å². The molecule has 2 atom stereocenters. The number of aromatic nitrogens is 3. The van der Waals surface area contributed by atoms with Gasteiger partial charge in [-0.2, -0.15) is 0 Å². The zero-order valence-electron chi connectivity index (χ0n) is 12.3. The van der Waals surface area contributed by atoms with Gasteiger partial charge in [-0.3, -0.25) is 9.69 Å². The Hall–Kier alpha value is -1.47. The summed E-state index contributed by atoms with van der Waals surface area (Å²) >= 11 is 0. The van der Waals surface area contributed by atoms with E-state index in [9.17, 15) is 9.90 Å². The molecule has 2 rings (SSSR count). The predicted octanol–water partition coefficient (Wildman–Crippen LogP) is 0.325. The van der Waals surface area contributed by atoms with Crippen molar-refractivity contribution >= 4 is 5.97 Å². The fraction of sp³-hybridized carbons (Fsp3) is 0.769. The monoisotopic (exact) mass is 281 g/mol. The maximum atomic E-state index is 11.5. The Morgan fingerprint density at radius 1 is 1.60 bits per heavy atom. The van der Waals surface area contributed by atoms with Gasteiger partial charge >= 0.3 is 5.97 Å². The number of nitrogens with one attached hydrogen (secondary N) is 1. The maximum Gasteiger partial charge on any atom is 0.323 e.